The monoisotopic (exact) mass is 416 g/mol. The number of hydrogen-bond acceptors (Lipinski definition) is 7. The highest BCUT2D eigenvalue weighted by Gasteiger charge is 2.24. The van der Waals surface area contributed by atoms with Crippen molar-refractivity contribution in [3.05, 3.63) is 35.8 Å². The number of carbonyl (C=O) groups is 1. The van der Waals surface area contributed by atoms with Crippen LogP contribution in [-0.2, 0) is 0 Å². The summed E-state index contributed by atoms with van der Waals surface area (Å²) in [4.78, 5) is 20.3. The average molecular weight is 417 g/mol. The second-order valence-electron chi connectivity index (χ2n) is 7.99. The highest BCUT2D eigenvalue weighted by molar-refractivity contribution is 5.98. The molecule has 0 radical (unpaired) electrons. The number of nitrogens with one attached hydrogen (secondary N) is 2. The van der Waals surface area contributed by atoms with Crippen LogP contribution in [0.15, 0.2) is 24.4 Å². The van der Waals surface area contributed by atoms with Crippen LogP contribution >= 0.6 is 0 Å². The van der Waals surface area contributed by atoms with Gasteiger partial charge < -0.3 is 26.8 Å². The summed E-state index contributed by atoms with van der Waals surface area (Å²) in [5.74, 6) is -0.462. The van der Waals surface area contributed by atoms with Crippen LogP contribution in [0.4, 0.5) is 21.7 Å². The quantitative estimate of drug-likeness (QED) is 0.520. The Labute approximate surface area is 175 Å². The maximum Gasteiger partial charge on any atom is 0.252 e. The Hall–Kier alpha value is -2.94. The lowest BCUT2D eigenvalue weighted by molar-refractivity contribution is 0.100. The molecule has 1 aliphatic rings. The van der Waals surface area contributed by atoms with Gasteiger partial charge in [-0.2, -0.15) is 0 Å². The van der Waals surface area contributed by atoms with Crippen molar-refractivity contribution >= 4 is 23.2 Å². The molecule has 6 N–H and O–H groups in total. The van der Waals surface area contributed by atoms with E-state index in [1.807, 2.05) is 13.8 Å². The van der Waals surface area contributed by atoms with Crippen molar-refractivity contribution in [2.24, 2.45) is 17.4 Å². The van der Waals surface area contributed by atoms with Crippen molar-refractivity contribution in [1.82, 2.24) is 9.97 Å². The zero-order valence-electron chi connectivity index (χ0n) is 17.3. The summed E-state index contributed by atoms with van der Waals surface area (Å²) < 4.78 is 20.2. The van der Waals surface area contributed by atoms with E-state index in [0.29, 0.717) is 24.1 Å². The molecule has 2 aromatic heterocycles. The number of amides is 1. The molecule has 0 bridgehead atoms. The van der Waals surface area contributed by atoms with Crippen molar-refractivity contribution in [1.29, 1.82) is 0 Å². The number of nitrogens with two attached hydrogens (primary N) is 2. The first-order chi connectivity index (χ1) is 14.3. The van der Waals surface area contributed by atoms with Gasteiger partial charge in [-0.15, -0.1) is 0 Å². The predicted molar refractivity (Wildman–Crippen MR) is 114 cm³/mol. The molecule has 9 heteroatoms. The van der Waals surface area contributed by atoms with Gasteiger partial charge in [-0.3, -0.25) is 4.79 Å². The van der Waals surface area contributed by atoms with Crippen molar-refractivity contribution in [2.45, 2.75) is 51.6 Å². The van der Waals surface area contributed by atoms with E-state index >= 15 is 0 Å². The molecule has 0 aliphatic heterocycles. The van der Waals surface area contributed by atoms with Crippen molar-refractivity contribution < 1.29 is 13.9 Å². The van der Waals surface area contributed by atoms with E-state index < -0.39 is 11.7 Å². The molecule has 162 valence electrons. The Kier molecular flexibility index (Phi) is 7.04. The predicted octanol–water partition coefficient (Wildman–Crippen LogP) is 3.17. The first-order valence-electron chi connectivity index (χ1n) is 10.2. The van der Waals surface area contributed by atoms with Gasteiger partial charge in [0.2, 0.25) is 5.88 Å². The van der Waals surface area contributed by atoms with Crippen LogP contribution in [-0.4, -0.2) is 34.6 Å². The van der Waals surface area contributed by atoms with Crippen LogP contribution in [0.3, 0.4) is 0 Å². The Morgan fingerprint density at radius 2 is 2.07 bits per heavy atom. The van der Waals surface area contributed by atoms with Gasteiger partial charge in [0.05, 0.1) is 12.2 Å². The van der Waals surface area contributed by atoms with Gasteiger partial charge in [0.15, 0.2) is 11.6 Å². The first kappa shape index (κ1) is 21.8. The number of hydrogen-bond donors (Lipinski definition) is 4. The highest BCUT2D eigenvalue weighted by Crippen LogP contribution is 2.27. The van der Waals surface area contributed by atoms with Crippen LogP contribution in [0.2, 0.25) is 0 Å². The lowest BCUT2D eigenvalue weighted by Gasteiger charge is -2.30. The molecule has 2 atom stereocenters. The molecule has 3 rings (SSSR count). The van der Waals surface area contributed by atoms with Crippen LogP contribution < -0.4 is 26.8 Å². The van der Waals surface area contributed by atoms with Gasteiger partial charge >= 0.3 is 0 Å². The summed E-state index contributed by atoms with van der Waals surface area (Å²) >= 11 is 0. The SMILES string of the molecule is CC(C)COc1cc(Nc2nc(NC3CCCCC3N)c(F)cc2C(N)=O)ccn1. The molecule has 1 amide bonds. The van der Waals surface area contributed by atoms with Gasteiger partial charge in [-0.1, -0.05) is 26.7 Å². The molecule has 30 heavy (non-hydrogen) atoms. The maximum atomic E-state index is 14.6. The minimum absolute atomic E-state index is 0.0372. The molecule has 2 unspecified atom stereocenters. The summed E-state index contributed by atoms with van der Waals surface area (Å²) in [6.45, 7) is 4.60. The highest BCUT2D eigenvalue weighted by atomic mass is 19.1. The van der Waals surface area contributed by atoms with Gasteiger partial charge in [-0.25, -0.2) is 14.4 Å². The number of anilines is 3. The molecule has 1 aliphatic carbocycles. The number of pyridine rings is 2. The van der Waals surface area contributed by atoms with Crippen LogP contribution in [0.25, 0.3) is 0 Å². The Morgan fingerprint density at radius 3 is 2.77 bits per heavy atom. The Balaban J connectivity index is 1.85. The molecule has 1 fully saturated rings. The third kappa shape index (κ3) is 5.56. The number of halogens is 1. The minimum atomic E-state index is -0.782. The number of ether oxygens (including phenoxy) is 1. The van der Waals surface area contributed by atoms with Crippen LogP contribution in [0.5, 0.6) is 5.88 Å². The summed E-state index contributed by atoms with van der Waals surface area (Å²) in [5, 5.41) is 6.12. The van der Waals surface area contributed by atoms with E-state index in [-0.39, 0.29) is 29.3 Å². The zero-order chi connectivity index (χ0) is 21.7. The lowest BCUT2D eigenvalue weighted by atomic mass is 9.91. The second-order valence-corrected chi connectivity index (χ2v) is 7.99. The second kappa shape index (κ2) is 9.71. The molecule has 1 saturated carbocycles. The zero-order valence-corrected chi connectivity index (χ0v) is 17.3. The number of primary amides is 1. The number of carbonyl (C=O) groups excluding carboxylic acids is 1. The standard InChI is InChI=1S/C21H29FN6O2/c1-12(2)11-30-18-9-13(7-8-25-18)26-20-14(19(24)29)10-15(22)21(28-20)27-17-6-4-3-5-16(17)23/h7-10,12,16-17H,3-6,11,23H2,1-2H3,(H2,24,29)(H2,25,26,27,28). The molecule has 0 aromatic carbocycles. The summed E-state index contributed by atoms with van der Waals surface area (Å²) in [6.07, 6.45) is 5.37. The van der Waals surface area contributed by atoms with E-state index in [1.165, 1.54) is 0 Å². The maximum absolute atomic E-state index is 14.6. The largest absolute Gasteiger partial charge is 0.477 e. The van der Waals surface area contributed by atoms with E-state index in [9.17, 15) is 9.18 Å². The fourth-order valence-electron chi connectivity index (χ4n) is 3.34. The van der Waals surface area contributed by atoms with E-state index in [0.717, 1.165) is 31.7 Å². The summed E-state index contributed by atoms with van der Waals surface area (Å²) in [6, 6.07) is 4.31. The first-order valence-corrected chi connectivity index (χ1v) is 10.2. The van der Waals surface area contributed by atoms with E-state index in [2.05, 4.69) is 20.6 Å². The Bertz CT molecular complexity index is 892. The van der Waals surface area contributed by atoms with E-state index in [1.54, 1.807) is 18.3 Å². The van der Waals surface area contributed by atoms with Crippen LogP contribution in [0, 0.1) is 11.7 Å². The van der Waals surface area contributed by atoms with E-state index in [4.69, 9.17) is 16.2 Å². The van der Waals surface area contributed by atoms with Crippen molar-refractivity contribution in [2.75, 3.05) is 17.2 Å². The topological polar surface area (TPSA) is 128 Å². The summed E-state index contributed by atoms with van der Waals surface area (Å²) in [5.41, 5.74) is 12.1. The normalized spacial score (nSPS) is 18.8. The molecule has 0 spiro atoms. The van der Waals surface area contributed by atoms with Gasteiger partial charge in [0.1, 0.15) is 5.82 Å². The van der Waals surface area contributed by atoms with Crippen molar-refractivity contribution in [3.8, 4) is 5.88 Å². The fraction of sp³-hybridized carbons (Fsp3) is 0.476. The number of aromatic nitrogens is 2. The molecular formula is C21H29FN6O2. The lowest BCUT2D eigenvalue weighted by Crippen LogP contribution is -2.43. The number of rotatable bonds is 8. The smallest absolute Gasteiger partial charge is 0.252 e. The fourth-order valence-corrected chi connectivity index (χ4v) is 3.34. The molecule has 8 nitrogen and oxygen atoms in total. The van der Waals surface area contributed by atoms with Gasteiger partial charge in [0.25, 0.3) is 5.91 Å². The third-order valence-electron chi connectivity index (χ3n) is 4.95. The average Bonchev–Trinajstić information content (AvgIpc) is 2.70. The number of nitrogens with zero attached hydrogens (tertiary/aromatic N) is 2. The summed E-state index contributed by atoms with van der Waals surface area (Å²) in [7, 11) is 0. The minimum Gasteiger partial charge on any atom is -0.477 e. The third-order valence-corrected chi connectivity index (χ3v) is 4.95. The van der Waals surface area contributed by atoms with Crippen molar-refractivity contribution in [3.63, 3.8) is 0 Å². The van der Waals surface area contributed by atoms with Gasteiger partial charge in [0, 0.05) is 30.0 Å². The van der Waals surface area contributed by atoms with Crippen LogP contribution in [0.1, 0.15) is 49.9 Å². The molecule has 2 heterocycles. The molecular weight excluding hydrogens is 387 g/mol. The molecule has 2 aromatic rings. The van der Waals surface area contributed by atoms with Gasteiger partial charge in [-0.05, 0) is 30.9 Å². The molecule has 0 saturated heterocycles. The Morgan fingerprint density at radius 1 is 1.30 bits per heavy atom.